The van der Waals surface area contributed by atoms with Gasteiger partial charge < -0.3 is 10.1 Å². The Hall–Kier alpha value is -1.69. The third-order valence-corrected chi connectivity index (χ3v) is 6.87. The molecular formula is C24H29BrN2O2. The van der Waals surface area contributed by atoms with Crippen LogP contribution < -0.4 is 5.32 Å². The van der Waals surface area contributed by atoms with Crippen LogP contribution in [0.25, 0.3) is 0 Å². The fourth-order valence-electron chi connectivity index (χ4n) is 4.62. The van der Waals surface area contributed by atoms with Gasteiger partial charge in [-0.05, 0) is 41.7 Å². The Labute approximate surface area is 181 Å². The van der Waals surface area contributed by atoms with E-state index in [1.54, 1.807) is 0 Å². The van der Waals surface area contributed by atoms with Crippen LogP contribution in [0.5, 0.6) is 0 Å². The Bertz CT molecular complexity index is 825. The third-order valence-electron chi connectivity index (χ3n) is 6.34. The fraction of sp³-hybridized carbons (Fsp3) is 0.458. The topological polar surface area (TPSA) is 41.6 Å². The van der Waals surface area contributed by atoms with Crippen LogP contribution in [0.4, 0.5) is 0 Å². The second kappa shape index (κ2) is 9.41. The zero-order chi connectivity index (χ0) is 20.1. The van der Waals surface area contributed by atoms with Crippen molar-refractivity contribution < 1.29 is 9.53 Å². The molecule has 2 aliphatic rings. The minimum atomic E-state index is -0.389. The molecule has 29 heavy (non-hydrogen) atoms. The number of nitrogens with zero attached hydrogens (tertiary/aromatic N) is 1. The van der Waals surface area contributed by atoms with Crippen molar-refractivity contribution in [2.24, 2.45) is 0 Å². The van der Waals surface area contributed by atoms with Crippen molar-refractivity contribution in [2.75, 3.05) is 26.3 Å². The summed E-state index contributed by atoms with van der Waals surface area (Å²) in [5, 5.41) is 3.28. The number of hydrogen-bond acceptors (Lipinski definition) is 3. The number of carbonyl (C=O) groups excluding carboxylic acids is 1. The van der Waals surface area contributed by atoms with Gasteiger partial charge in [0, 0.05) is 30.7 Å². The molecule has 4 nitrogen and oxygen atoms in total. The van der Waals surface area contributed by atoms with E-state index in [0.717, 1.165) is 68.6 Å². The highest BCUT2D eigenvalue weighted by atomic mass is 79.9. The van der Waals surface area contributed by atoms with Gasteiger partial charge >= 0.3 is 0 Å². The van der Waals surface area contributed by atoms with Gasteiger partial charge in [0.15, 0.2) is 0 Å². The van der Waals surface area contributed by atoms with Crippen molar-refractivity contribution in [1.82, 2.24) is 10.2 Å². The lowest BCUT2D eigenvalue weighted by Gasteiger charge is -2.29. The molecule has 0 spiro atoms. The van der Waals surface area contributed by atoms with Gasteiger partial charge in [0.1, 0.15) is 0 Å². The predicted molar refractivity (Wildman–Crippen MR) is 119 cm³/mol. The molecule has 5 heteroatoms. The fourth-order valence-corrected chi connectivity index (χ4v) is 4.89. The van der Waals surface area contributed by atoms with Gasteiger partial charge in [0.05, 0.1) is 18.6 Å². The van der Waals surface area contributed by atoms with Gasteiger partial charge in [-0.1, -0.05) is 65.2 Å². The van der Waals surface area contributed by atoms with Crippen LogP contribution in [-0.4, -0.2) is 37.1 Å². The van der Waals surface area contributed by atoms with Crippen LogP contribution in [0, 0.1) is 0 Å². The lowest BCUT2D eigenvalue weighted by Crippen LogP contribution is -2.42. The molecule has 0 unspecified atom stereocenters. The van der Waals surface area contributed by atoms with Gasteiger partial charge in [-0.3, -0.25) is 9.69 Å². The van der Waals surface area contributed by atoms with E-state index < -0.39 is 0 Å². The number of nitrogens with one attached hydrogen (secondary N) is 1. The van der Waals surface area contributed by atoms with Gasteiger partial charge in [0.25, 0.3) is 0 Å². The molecule has 1 aliphatic carbocycles. The van der Waals surface area contributed by atoms with E-state index in [4.69, 9.17) is 4.74 Å². The number of amides is 1. The number of hydrogen-bond donors (Lipinski definition) is 1. The Morgan fingerprint density at radius 3 is 2.34 bits per heavy atom. The van der Waals surface area contributed by atoms with Crippen molar-refractivity contribution >= 4 is 21.8 Å². The second-order valence-electron chi connectivity index (χ2n) is 8.14. The second-order valence-corrected chi connectivity index (χ2v) is 9.05. The van der Waals surface area contributed by atoms with E-state index in [9.17, 15) is 4.79 Å². The normalized spacial score (nSPS) is 19.2. The van der Waals surface area contributed by atoms with E-state index >= 15 is 0 Å². The van der Waals surface area contributed by atoms with E-state index in [-0.39, 0.29) is 11.3 Å². The number of benzene rings is 2. The SMILES string of the molecule is O=C(NCc1ccccc1CN1CCOCC1)C1(c2ccc(Br)cc2)CCCC1. The summed E-state index contributed by atoms with van der Waals surface area (Å²) in [5.74, 6) is 0.165. The summed E-state index contributed by atoms with van der Waals surface area (Å²) in [6.07, 6.45) is 4.07. The summed E-state index contributed by atoms with van der Waals surface area (Å²) < 4.78 is 6.51. The monoisotopic (exact) mass is 456 g/mol. The van der Waals surface area contributed by atoms with Crippen LogP contribution in [0.1, 0.15) is 42.4 Å². The number of carbonyl (C=O) groups is 1. The van der Waals surface area contributed by atoms with E-state index in [2.05, 4.69) is 62.5 Å². The average molecular weight is 457 g/mol. The van der Waals surface area contributed by atoms with Crippen molar-refractivity contribution in [2.45, 2.75) is 44.2 Å². The summed E-state index contributed by atoms with van der Waals surface area (Å²) in [6, 6.07) is 16.7. The van der Waals surface area contributed by atoms with Gasteiger partial charge in [-0.15, -0.1) is 0 Å². The number of ether oxygens (including phenoxy) is 1. The van der Waals surface area contributed by atoms with Crippen LogP contribution in [0.2, 0.25) is 0 Å². The standard InChI is InChI=1S/C24H29BrN2O2/c25-22-9-7-21(8-10-22)24(11-3-4-12-24)23(28)26-17-19-5-1-2-6-20(19)18-27-13-15-29-16-14-27/h1-2,5-10H,3-4,11-18H2,(H,26,28). The molecule has 1 saturated heterocycles. The first kappa shape index (κ1) is 20.6. The van der Waals surface area contributed by atoms with Crippen LogP contribution in [0.15, 0.2) is 53.0 Å². The summed E-state index contributed by atoms with van der Waals surface area (Å²) in [6.45, 7) is 5.02. The molecule has 4 rings (SSSR count). The molecule has 1 heterocycles. The lowest BCUT2D eigenvalue weighted by molar-refractivity contribution is -0.126. The van der Waals surface area contributed by atoms with Crippen molar-refractivity contribution in [3.8, 4) is 0 Å². The maximum Gasteiger partial charge on any atom is 0.230 e. The molecule has 0 radical (unpaired) electrons. The molecule has 154 valence electrons. The Balaban J connectivity index is 1.46. The highest BCUT2D eigenvalue weighted by Crippen LogP contribution is 2.41. The Morgan fingerprint density at radius 2 is 1.66 bits per heavy atom. The summed E-state index contributed by atoms with van der Waals surface area (Å²) >= 11 is 3.51. The molecule has 0 aromatic heterocycles. The predicted octanol–water partition coefficient (Wildman–Crippen LogP) is 4.41. The average Bonchev–Trinajstić information content (AvgIpc) is 3.25. The zero-order valence-corrected chi connectivity index (χ0v) is 18.4. The van der Waals surface area contributed by atoms with Gasteiger partial charge in [-0.2, -0.15) is 0 Å². The quantitative estimate of drug-likeness (QED) is 0.699. The third kappa shape index (κ3) is 4.73. The molecular weight excluding hydrogens is 428 g/mol. The molecule has 2 fully saturated rings. The number of halogens is 1. The maximum atomic E-state index is 13.4. The van der Waals surface area contributed by atoms with Crippen molar-refractivity contribution in [1.29, 1.82) is 0 Å². The van der Waals surface area contributed by atoms with Crippen LogP contribution in [-0.2, 0) is 28.0 Å². The summed E-state index contributed by atoms with van der Waals surface area (Å²) in [7, 11) is 0. The molecule has 0 atom stereocenters. The molecule has 1 aliphatic heterocycles. The first-order chi connectivity index (χ1) is 14.2. The highest BCUT2D eigenvalue weighted by molar-refractivity contribution is 9.10. The molecule has 1 N–H and O–H groups in total. The lowest BCUT2D eigenvalue weighted by atomic mass is 9.78. The van der Waals surface area contributed by atoms with Crippen molar-refractivity contribution in [3.05, 3.63) is 69.7 Å². The number of rotatable bonds is 6. The van der Waals surface area contributed by atoms with E-state index in [1.165, 1.54) is 11.1 Å². The summed E-state index contributed by atoms with van der Waals surface area (Å²) in [4.78, 5) is 15.8. The van der Waals surface area contributed by atoms with Gasteiger partial charge in [-0.25, -0.2) is 0 Å². The first-order valence-electron chi connectivity index (χ1n) is 10.6. The molecule has 0 bridgehead atoms. The van der Waals surface area contributed by atoms with Crippen molar-refractivity contribution in [3.63, 3.8) is 0 Å². The Kier molecular flexibility index (Phi) is 6.68. The Morgan fingerprint density at radius 1 is 1.00 bits per heavy atom. The van der Waals surface area contributed by atoms with Gasteiger partial charge in [0.2, 0.25) is 5.91 Å². The molecule has 1 saturated carbocycles. The van der Waals surface area contributed by atoms with Crippen LogP contribution in [0.3, 0.4) is 0 Å². The maximum absolute atomic E-state index is 13.4. The molecule has 2 aromatic rings. The van der Waals surface area contributed by atoms with Crippen LogP contribution >= 0.6 is 15.9 Å². The zero-order valence-electron chi connectivity index (χ0n) is 16.8. The molecule has 2 aromatic carbocycles. The highest BCUT2D eigenvalue weighted by Gasteiger charge is 2.42. The smallest absolute Gasteiger partial charge is 0.230 e. The minimum absolute atomic E-state index is 0.165. The number of morpholine rings is 1. The molecule has 1 amide bonds. The minimum Gasteiger partial charge on any atom is -0.379 e. The van der Waals surface area contributed by atoms with E-state index in [0.29, 0.717) is 6.54 Å². The largest absolute Gasteiger partial charge is 0.379 e. The first-order valence-corrected chi connectivity index (χ1v) is 11.4. The summed E-state index contributed by atoms with van der Waals surface area (Å²) in [5.41, 5.74) is 3.24. The van der Waals surface area contributed by atoms with E-state index in [1.807, 2.05) is 12.1 Å².